The molecule has 0 spiro atoms. The number of amidine groups is 1. The van der Waals surface area contributed by atoms with Crippen LogP contribution >= 0.6 is 11.8 Å². The molecule has 1 atom stereocenters. The summed E-state index contributed by atoms with van der Waals surface area (Å²) in [6.45, 7) is 0.290. The van der Waals surface area contributed by atoms with Gasteiger partial charge in [0.25, 0.3) is 0 Å². The molecule has 0 radical (unpaired) electrons. The van der Waals surface area contributed by atoms with Gasteiger partial charge in [-0.2, -0.15) is 0 Å². The molecule has 4 nitrogen and oxygen atoms in total. The highest BCUT2D eigenvalue weighted by atomic mass is 32.2. The minimum atomic E-state index is -0.516. The van der Waals surface area contributed by atoms with Crippen molar-refractivity contribution < 1.29 is 13.9 Å². The van der Waals surface area contributed by atoms with Gasteiger partial charge in [-0.25, -0.2) is 9.38 Å². The summed E-state index contributed by atoms with van der Waals surface area (Å²) >= 11 is 1.34. The number of rotatable bonds is 4. The number of para-hydroxylation sites is 1. The van der Waals surface area contributed by atoms with Gasteiger partial charge >= 0.3 is 0 Å². The van der Waals surface area contributed by atoms with Crippen LogP contribution in [0.4, 0.5) is 10.1 Å². The van der Waals surface area contributed by atoms with Gasteiger partial charge in [-0.05, 0) is 24.3 Å². The molecule has 0 unspecified atom stereocenters. The smallest absolute Gasteiger partial charge is 0.227 e. The van der Waals surface area contributed by atoms with Crippen LogP contribution in [0.25, 0.3) is 0 Å². The molecule has 1 aliphatic rings. The van der Waals surface area contributed by atoms with Crippen molar-refractivity contribution in [1.29, 1.82) is 0 Å². The minimum Gasteiger partial charge on any atom is -0.460 e. The molecule has 6 heteroatoms. The lowest BCUT2D eigenvalue weighted by atomic mass is 10.1. The second kappa shape index (κ2) is 8.46. The van der Waals surface area contributed by atoms with Crippen molar-refractivity contribution in [3.63, 3.8) is 0 Å². The van der Waals surface area contributed by atoms with Crippen molar-refractivity contribution in [1.82, 2.24) is 0 Å². The van der Waals surface area contributed by atoms with Crippen molar-refractivity contribution in [2.75, 3.05) is 0 Å². The predicted octanol–water partition coefficient (Wildman–Crippen LogP) is 5.31. The van der Waals surface area contributed by atoms with Gasteiger partial charge in [0, 0.05) is 22.4 Å². The second-order valence-electron chi connectivity index (χ2n) is 6.30. The maximum atomic E-state index is 14.1. The molecule has 1 aliphatic heterocycles. The first-order chi connectivity index (χ1) is 13.7. The third kappa shape index (κ3) is 4.35. The van der Waals surface area contributed by atoms with Crippen molar-refractivity contribution in [3.05, 3.63) is 95.3 Å². The number of nitrogens with two attached hydrogens (primary N) is 1. The Labute approximate surface area is 167 Å². The molecule has 4 rings (SSSR count). The molecular formula is C22H19FN2O2S. The van der Waals surface area contributed by atoms with Crippen LogP contribution in [0.5, 0.6) is 5.75 Å². The number of thioether (sulfide) groups is 1. The van der Waals surface area contributed by atoms with Gasteiger partial charge in [0.05, 0.1) is 12.3 Å². The fraction of sp³-hybridized carbons (Fsp3) is 0.136. The third-order valence-corrected chi connectivity index (χ3v) is 5.11. The van der Waals surface area contributed by atoms with Crippen molar-refractivity contribution in [3.8, 4) is 5.75 Å². The Bertz CT molecular complexity index is 981. The lowest BCUT2D eigenvalue weighted by molar-refractivity contribution is -0.112. The number of fused-ring (bicyclic) bond motifs is 1. The SMILES string of the molecule is NC(=Nc1ccccc1)SCc1cc(F)cc2c1O[C@@H](c1ccccc1)OC2. The van der Waals surface area contributed by atoms with Gasteiger partial charge in [0.2, 0.25) is 6.29 Å². The molecular weight excluding hydrogens is 375 g/mol. The van der Waals surface area contributed by atoms with Crippen LogP contribution in [-0.2, 0) is 17.1 Å². The topological polar surface area (TPSA) is 56.8 Å². The highest BCUT2D eigenvalue weighted by Gasteiger charge is 2.25. The van der Waals surface area contributed by atoms with Gasteiger partial charge in [0.15, 0.2) is 5.17 Å². The molecule has 0 aliphatic carbocycles. The van der Waals surface area contributed by atoms with E-state index in [0.29, 0.717) is 22.2 Å². The van der Waals surface area contributed by atoms with E-state index < -0.39 is 6.29 Å². The lowest BCUT2D eigenvalue weighted by Crippen LogP contribution is -2.19. The summed E-state index contributed by atoms with van der Waals surface area (Å²) in [5, 5.41) is 0.413. The van der Waals surface area contributed by atoms with E-state index in [1.807, 2.05) is 60.7 Å². The number of aliphatic imine (C=N–C) groups is 1. The quantitative estimate of drug-likeness (QED) is 0.481. The van der Waals surface area contributed by atoms with Crippen LogP contribution < -0.4 is 10.5 Å². The predicted molar refractivity (Wildman–Crippen MR) is 110 cm³/mol. The number of hydrogen-bond donors (Lipinski definition) is 1. The number of ether oxygens (including phenoxy) is 2. The molecule has 2 N–H and O–H groups in total. The molecule has 0 bridgehead atoms. The zero-order valence-electron chi connectivity index (χ0n) is 15.0. The summed E-state index contributed by atoms with van der Waals surface area (Å²) in [4.78, 5) is 4.37. The minimum absolute atomic E-state index is 0.290. The Balaban J connectivity index is 1.53. The van der Waals surface area contributed by atoms with E-state index in [9.17, 15) is 4.39 Å². The fourth-order valence-electron chi connectivity index (χ4n) is 2.97. The Morgan fingerprint density at radius 3 is 2.54 bits per heavy atom. The Kier molecular flexibility index (Phi) is 5.60. The van der Waals surface area contributed by atoms with Gasteiger partial charge in [-0.1, -0.05) is 60.3 Å². The molecule has 28 heavy (non-hydrogen) atoms. The Hall–Kier alpha value is -2.83. The van der Waals surface area contributed by atoms with E-state index in [-0.39, 0.29) is 12.4 Å². The van der Waals surface area contributed by atoms with E-state index in [1.54, 1.807) is 0 Å². The highest BCUT2D eigenvalue weighted by Crippen LogP contribution is 2.38. The van der Waals surface area contributed by atoms with Gasteiger partial charge in [0.1, 0.15) is 11.6 Å². The first-order valence-electron chi connectivity index (χ1n) is 8.85. The first-order valence-corrected chi connectivity index (χ1v) is 9.84. The van der Waals surface area contributed by atoms with Crippen LogP contribution in [0, 0.1) is 5.82 Å². The van der Waals surface area contributed by atoms with E-state index in [4.69, 9.17) is 15.2 Å². The zero-order chi connectivity index (χ0) is 19.3. The summed E-state index contributed by atoms with van der Waals surface area (Å²) in [5.41, 5.74) is 9.17. The van der Waals surface area contributed by atoms with E-state index >= 15 is 0 Å². The standard InChI is InChI=1S/C22H19FN2O2S/c23-18-11-16-13-26-21(15-7-3-1-4-8-15)27-20(16)17(12-18)14-28-22(24)25-19-9-5-2-6-10-19/h1-12,21H,13-14H2,(H2,24,25)/t21-/m0/s1. The first kappa shape index (κ1) is 18.5. The third-order valence-electron chi connectivity index (χ3n) is 4.27. The van der Waals surface area contributed by atoms with Gasteiger partial charge in [-0.3, -0.25) is 0 Å². The summed E-state index contributed by atoms with van der Waals surface area (Å²) in [7, 11) is 0. The maximum absolute atomic E-state index is 14.1. The maximum Gasteiger partial charge on any atom is 0.227 e. The number of hydrogen-bond acceptors (Lipinski definition) is 4. The van der Waals surface area contributed by atoms with Crippen LogP contribution in [0.3, 0.4) is 0 Å². The van der Waals surface area contributed by atoms with Gasteiger partial charge in [-0.15, -0.1) is 0 Å². The largest absolute Gasteiger partial charge is 0.460 e. The molecule has 3 aromatic carbocycles. The lowest BCUT2D eigenvalue weighted by Gasteiger charge is -2.28. The second-order valence-corrected chi connectivity index (χ2v) is 7.29. The average molecular weight is 394 g/mol. The number of nitrogens with zero attached hydrogens (tertiary/aromatic N) is 1. The summed E-state index contributed by atoms with van der Waals surface area (Å²) in [6.07, 6.45) is -0.516. The van der Waals surface area contributed by atoms with Crippen LogP contribution in [0.2, 0.25) is 0 Å². The molecule has 0 saturated heterocycles. The molecule has 142 valence electrons. The van der Waals surface area contributed by atoms with E-state index in [1.165, 1.54) is 23.9 Å². The molecule has 0 fully saturated rings. The van der Waals surface area contributed by atoms with Crippen LogP contribution in [-0.4, -0.2) is 5.17 Å². The Morgan fingerprint density at radius 2 is 1.79 bits per heavy atom. The van der Waals surface area contributed by atoms with Crippen LogP contribution in [0.15, 0.2) is 77.8 Å². The molecule has 0 amide bonds. The monoisotopic (exact) mass is 394 g/mol. The zero-order valence-corrected chi connectivity index (χ0v) is 15.9. The summed E-state index contributed by atoms with van der Waals surface area (Å²) < 4.78 is 25.9. The van der Waals surface area contributed by atoms with Crippen molar-refractivity contribution in [2.24, 2.45) is 10.7 Å². The fourth-order valence-corrected chi connectivity index (χ4v) is 3.66. The number of halogens is 1. The molecule has 1 heterocycles. The molecule has 0 saturated carbocycles. The van der Waals surface area contributed by atoms with E-state index in [2.05, 4.69) is 4.99 Å². The average Bonchev–Trinajstić information content (AvgIpc) is 2.73. The Morgan fingerprint density at radius 1 is 1.07 bits per heavy atom. The molecule has 0 aromatic heterocycles. The van der Waals surface area contributed by atoms with Crippen molar-refractivity contribution in [2.45, 2.75) is 18.6 Å². The van der Waals surface area contributed by atoms with Gasteiger partial charge < -0.3 is 15.2 Å². The molecule has 3 aromatic rings. The summed E-state index contributed by atoms with van der Waals surface area (Å²) in [5.74, 6) is 0.781. The normalized spacial score (nSPS) is 16.3. The summed E-state index contributed by atoms with van der Waals surface area (Å²) in [6, 6.07) is 22.1. The van der Waals surface area contributed by atoms with Crippen molar-refractivity contribution >= 4 is 22.6 Å². The highest BCUT2D eigenvalue weighted by molar-refractivity contribution is 8.13. The number of benzene rings is 3. The van der Waals surface area contributed by atoms with E-state index in [0.717, 1.165) is 16.8 Å². The van der Waals surface area contributed by atoms with Crippen LogP contribution in [0.1, 0.15) is 23.0 Å².